The molecule has 0 saturated heterocycles. The maximum Gasteiger partial charge on any atom is 0.0985 e. The van der Waals surface area contributed by atoms with Gasteiger partial charge in [0.15, 0.2) is 0 Å². The molecule has 0 unspecified atom stereocenters. The van der Waals surface area contributed by atoms with Crippen molar-refractivity contribution in [2.75, 3.05) is 0 Å². The summed E-state index contributed by atoms with van der Waals surface area (Å²) in [4.78, 5) is 9.65. The Hall–Kier alpha value is -1.15. The summed E-state index contributed by atoms with van der Waals surface area (Å²) in [5.41, 5.74) is 3.44. The maximum atomic E-state index is 6.64. The minimum atomic E-state index is 0.0497. The lowest BCUT2D eigenvalue weighted by atomic mass is 9.67. The molecular formula is C18H23ClN2. The van der Waals surface area contributed by atoms with Gasteiger partial charge in [-0.05, 0) is 36.3 Å². The molecule has 0 spiro atoms. The number of fused-ring (bicyclic) bond motifs is 3. The van der Waals surface area contributed by atoms with Crippen LogP contribution in [0.4, 0.5) is 0 Å². The molecule has 3 heteroatoms. The number of pyridine rings is 1. The molecule has 1 aliphatic heterocycles. The van der Waals surface area contributed by atoms with Gasteiger partial charge in [-0.3, -0.25) is 9.98 Å². The number of dihydropyridines is 1. The number of aliphatic imine (C=N–C) groups is 1. The normalized spacial score (nSPS) is 25.8. The van der Waals surface area contributed by atoms with Crippen LogP contribution in [0.15, 0.2) is 23.2 Å². The Morgan fingerprint density at radius 1 is 1.38 bits per heavy atom. The molecule has 0 fully saturated rings. The average Bonchev–Trinajstić information content (AvgIpc) is 2.36. The lowest BCUT2D eigenvalue weighted by molar-refractivity contribution is 0.322. The Labute approximate surface area is 132 Å². The monoisotopic (exact) mass is 302 g/mol. The van der Waals surface area contributed by atoms with Crippen molar-refractivity contribution >= 4 is 17.8 Å². The first-order valence-electron chi connectivity index (χ1n) is 7.78. The highest BCUT2D eigenvalue weighted by molar-refractivity contribution is 6.31. The number of nitrogens with zero attached hydrogens (tertiary/aromatic N) is 2. The van der Waals surface area contributed by atoms with Gasteiger partial charge in [-0.1, -0.05) is 45.4 Å². The highest BCUT2D eigenvalue weighted by atomic mass is 35.5. The van der Waals surface area contributed by atoms with E-state index in [1.54, 1.807) is 0 Å². The molecule has 0 radical (unpaired) electrons. The third-order valence-electron chi connectivity index (χ3n) is 4.47. The van der Waals surface area contributed by atoms with Crippen molar-refractivity contribution in [1.82, 2.24) is 4.98 Å². The van der Waals surface area contributed by atoms with E-state index in [4.69, 9.17) is 16.6 Å². The molecule has 3 rings (SSSR count). The molecule has 0 aromatic carbocycles. The Morgan fingerprint density at radius 3 is 2.86 bits per heavy atom. The third kappa shape index (κ3) is 2.66. The van der Waals surface area contributed by atoms with Crippen LogP contribution in [-0.4, -0.2) is 11.2 Å². The summed E-state index contributed by atoms with van der Waals surface area (Å²) < 4.78 is 0. The molecule has 0 N–H and O–H groups in total. The van der Waals surface area contributed by atoms with Gasteiger partial charge < -0.3 is 0 Å². The molecule has 0 bridgehead atoms. The van der Waals surface area contributed by atoms with Crippen molar-refractivity contribution in [3.63, 3.8) is 0 Å². The zero-order chi connectivity index (χ0) is 15.2. The van der Waals surface area contributed by atoms with Gasteiger partial charge in [0.05, 0.1) is 11.7 Å². The van der Waals surface area contributed by atoms with Crippen molar-refractivity contribution in [1.29, 1.82) is 0 Å². The lowest BCUT2D eigenvalue weighted by Gasteiger charge is -2.40. The number of allylic oxidation sites excluding steroid dienone is 1. The zero-order valence-corrected chi connectivity index (χ0v) is 14.0. The molecule has 2 heterocycles. The fourth-order valence-corrected chi connectivity index (χ4v) is 4.16. The summed E-state index contributed by atoms with van der Waals surface area (Å²) in [7, 11) is 0. The Balaban J connectivity index is 2.14. The van der Waals surface area contributed by atoms with E-state index in [1.165, 1.54) is 5.56 Å². The Kier molecular flexibility index (Phi) is 3.69. The summed E-state index contributed by atoms with van der Waals surface area (Å²) in [6.07, 6.45) is 8.26. The van der Waals surface area contributed by atoms with Crippen molar-refractivity contribution in [3.8, 4) is 0 Å². The number of hydrogen-bond acceptors (Lipinski definition) is 2. The van der Waals surface area contributed by atoms with Crippen LogP contribution in [0, 0.1) is 11.8 Å². The standard InChI is InChI=1S/C18H23ClN2/c1-11(2)8-13-9-14(19)15-17(21-13)16-12(6-5-7-20-16)10-18(15,3)4/h5-7,9,11-12,16H,8,10H2,1-4H3/t12-,16-/m1/s1. The van der Waals surface area contributed by atoms with E-state index in [-0.39, 0.29) is 11.5 Å². The summed E-state index contributed by atoms with van der Waals surface area (Å²) in [5.74, 6) is 1.02. The highest BCUT2D eigenvalue weighted by Gasteiger charge is 2.41. The molecule has 1 aliphatic carbocycles. The fraction of sp³-hybridized carbons (Fsp3) is 0.556. The van der Waals surface area contributed by atoms with E-state index in [2.05, 4.69) is 50.9 Å². The summed E-state index contributed by atoms with van der Waals surface area (Å²) in [6, 6.07) is 2.20. The van der Waals surface area contributed by atoms with E-state index in [9.17, 15) is 0 Å². The Bertz CT molecular complexity index is 614. The second kappa shape index (κ2) is 5.24. The van der Waals surface area contributed by atoms with Crippen LogP contribution in [0.2, 0.25) is 5.02 Å². The van der Waals surface area contributed by atoms with E-state index >= 15 is 0 Å². The second-order valence-corrected chi connectivity index (χ2v) is 7.74. The van der Waals surface area contributed by atoms with Gasteiger partial charge in [-0.2, -0.15) is 0 Å². The van der Waals surface area contributed by atoms with E-state index in [0.717, 1.165) is 29.3 Å². The quantitative estimate of drug-likeness (QED) is 0.762. The summed E-state index contributed by atoms with van der Waals surface area (Å²) in [6.45, 7) is 8.96. The van der Waals surface area contributed by atoms with Crippen LogP contribution in [0.5, 0.6) is 0 Å². The van der Waals surface area contributed by atoms with Gasteiger partial charge in [-0.25, -0.2) is 0 Å². The van der Waals surface area contributed by atoms with Crippen molar-refractivity contribution in [2.45, 2.75) is 52.0 Å². The zero-order valence-electron chi connectivity index (χ0n) is 13.2. The molecule has 2 atom stereocenters. The van der Waals surface area contributed by atoms with Crippen molar-refractivity contribution < 1.29 is 0 Å². The number of aromatic nitrogens is 1. The lowest BCUT2D eigenvalue weighted by Crippen LogP contribution is -2.34. The first kappa shape index (κ1) is 14.8. The molecule has 21 heavy (non-hydrogen) atoms. The maximum absolute atomic E-state index is 6.64. The van der Waals surface area contributed by atoms with E-state index < -0.39 is 0 Å². The molecule has 1 aromatic heterocycles. The average molecular weight is 303 g/mol. The fourth-order valence-electron chi connectivity index (χ4n) is 3.69. The number of hydrogen-bond donors (Lipinski definition) is 0. The molecular weight excluding hydrogens is 280 g/mol. The predicted molar refractivity (Wildman–Crippen MR) is 89.3 cm³/mol. The largest absolute Gasteiger partial charge is 0.283 e. The van der Waals surface area contributed by atoms with Crippen LogP contribution < -0.4 is 0 Å². The highest BCUT2D eigenvalue weighted by Crippen LogP contribution is 2.49. The van der Waals surface area contributed by atoms with Crippen molar-refractivity contribution in [2.24, 2.45) is 16.8 Å². The topological polar surface area (TPSA) is 25.2 Å². The second-order valence-electron chi connectivity index (χ2n) is 7.33. The predicted octanol–water partition coefficient (Wildman–Crippen LogP) is 4.91. The molecule has 2 aliphatic rings. The van der Waals surface area contributed by atoms with Crippen LogP contribution in [0.25, 0.3) is 0 Å². The van der Waals surface area contributed by atoms with Gasteiger partial charge >= 0.3 is 0 Å². The van der Waals surface area contributed by atoms with Crippen LogP contribution in [0.1, 0.15) is 57.1 Å². The van der Waals surface area contributed by atoms with Crippen LogP contribution in [-0.2, 0) is 11.8 Å². The van der Waals surface area contributed by atoms with Gasteiger partial charge in [-0.15, -0.1) is 0 Å². The minimum absolute atomic E-state index is 0.0497. The van der Waals surface area contributed by atoms with Gasteiger partial charge in [0, 0.05) is 28.4 Å². The molecule has 2 nitrogen and oxygen atoms in total. The van der Waals surface area contributed by atoms with Gasteiger partial charge in [0.2, 0.25) is 0 Å². The first-order chi connectivity index (χ1) is 9.88. The van der Waals surface area contributed by atoms with Gasteiger partial charge in [0.1, 0.15) is 0 Å². The summed E-state index contributed by atoms with van der Waals surface area (Å²) in [5, 5.41) is 0.865. The molecule has 0 amide bonds. The third-order valence-corrected chi connectivity index (χ3v) is 4.77. The first-order valence-corrected chi connectivity index (χ1v) is 8.16. The number of halogens is 1. The van der Waals surface area contributed by atoms with E-state index in [0.29, 0.717) is 11.8 Å². The SMILES string of the molecule is CC(C)Cc1cc(Cl)c2c(n1)[C@@H]1N=CC=C[C@@H]1CC2(C)C. The van der Waals surface area contributed by atoms with Crippen LogP contribution in [0.3, 0.4) is 0 Å². The van der Waals surface area contributed by atoms with E-state index in [1.807, 2.05) is 6.21 Å². The van der Waals surface area contributed by atoms with Crippen LogP contribution >= 0.6 is 11.6 Å². The van der Waals surface area contributed by atoms with Crippen molar-refractivity contribution in [3.05, 3.63) is 40.2 Å². The smallest absolute Gasteiger partial charge is 0.0985 e. The molecule has 112 valence electrons. The summed E-state index contributed by atoms with van der Waals surface area (Å²) >= 11 is 6.64. The number of rotatable bonds is 2. The molecule has 1 aromatic rings. The molecule has 0 saturated carbocycles. The Morgan fingerprint density at radius 2 is 2.14 bits per heavy atom. The van der Waals surface area contributed by atoms with Gasteiger partial charge in [0.25, 0.3) is 0 Å². The minimum Gasteiger partial charge on any atom is -0.283 e.